The highest BCUT2D eigenvalue weighted by atomic mass is 16.5. The smallest absolute Gasteiger partial charge is 0.161 e. The maximum absolute atomic E-state index is 5.68. The molecule has 0 radical (unpaired) electrons. The van der Waals surface area contributed by atoms with Crippen LogP contribution in [0.1, 0.15) is 17.9 Å². The number of benzene rings is 1. The summed E-state index contributed by atoms with van der Waals surface area (Å²) in [6.45, 7) is 3.44. The van der Waals surface area contributed by atoms with Crippen LogP contribution in [0.25, 0.3) is 0 Å². The first-order chi connectivity index (χ1) is 7.93. The van der Waals surface area contributed by atoms with Crippen molar-refractivity contribution in [3.05, 3.63) is 23.8 Å². The molecule has 16 heavy (non-hydrogen) atoms. The summed E-state index contributed by atoms with van der Waals surface area (Å²) in [6.07, 6.45) is 0.955. The van der Waals surface area contributed by atoms with Crippen molar-refractivity contribution in [2.45, 2.75) is 12.3 Å². The second kappa shape index (κ2) is 4.31. The van der Waals surface area contributed by atoms with Gasteiger partial charge in [-0.15, -0.1) is 0 Å². The van der Waals surface area contributed by atoms with Crippen molar-refractivity contribution in [2.75, 3.05) is 26.3 Å². The Hall–Kier alpha value is -1.26. The summed E-state index contributed by atoms with van der Waals surface area (Å²) in [5.41, 5.74) is 7.59. The first-order valence-electron chi connectivity index (χ1n) is 5.79. The fourth-order valence-electron chi connectivity index (χ4n) is 2.13. The molecule has 0 unspecified atom stereocenters. The second-order valence-corrected chi connectivity index (χ2v) is 4.22. The van der Waals surface area contributed by atoms with Crippen LogP contribution in [0.15, 0.2) is 18.2 Å². The van der Waals surface area contributed by atoms with E-state index >= 15 is 0 Å². The summed E-state index contributed by atoms with van der Waals surface area (Å²) in [5.74, 6) is 2.29. The number of hydrazine groups is 1. The van der Waals surface area contributed by atoms with Crippen LogP contribution in [0.4, 0.5) is 0 Å². The molecule has 0 aliphatic carbocycles. The molecule has 0 bridgehead atoms. The van der Waals surface area contributed by atoms with Crippen LogP contribution in [0.5, 0.6) is 11.5 Å². The van der Waals surface area contributed by atoms with Crippen molar-refractivity contribution < 1.29 is 9.47 Å². The molecule has 0 atom stereocenters. The lowest BCUT2D eigenvalue weighted by molar-refractivity contribution is 0.297. The van der Waals surface area contributed by atoms with Crippen LogP contribution < -0.4 is 20.3 Å². The molecule has 1 saturated heterocycles. The summed E-state index contributed by atoms with van der Waals surface area (Å²) < 4.78 is 11.3. The standard InChI is InChI=1S/C12H16N2O2/c1-4-15-11-3-2-9(6-12(11)16-5-1)10-7-13-14-8-10/h2-3,6,10,13-14H,1,4-5,7-8H2. The molecule has 0 aromatic heterocycles. The van der Waals surface area contributed by atoms with E-state index in [-0.39, 0.29) is 0 Å². The van der Waals surface area contributed by atoms with Gasteiger partial charge < -0.3 is 9.47 Å². The van der Waals surface area contributed by atoms with Gasteiger partial charge in [0, 0.05) is 25.4 Å². The third-order valence-corrected chi connectivity index (χ3v) is 3.06. The highest BCUT2D eigenvalue weighted by Gasteiger charge is 2.19. The second-order valence-electron chi connectivity index (χ2n) is 4.22. The first-order valence-corrected chi connectivity index (χ1v) is 5.79. The average molecular weight is 220 g/mol. The van der Waals surface area contributed by atoms with E-state index in [1.165, 1.54) is 5.56 Å². The largest absolute Gasteiger partial charge is 0.490 e. The number of hydrogen-bond acceptors (Lipinski definition) is 4. The predicted molar refractivity (Wildman–Crippen MR) is 60.8 cm³/mol. The van der Waals surface area contributed by atoms with Gasteiger partial charge in [0.25, 0.3) is 0 Å². The quantitative estimate of drug-likeness (QED) is 0.742. The van der Waals surface area contributed by atoms with Gasteiger partial charge in [-0.25, -0.2) is 0 Å². The maximum Gasteiger partial charge on any atom is 0.161 e. The van der Waals surface area contributed by atoms with E-state index in [4.69, 9.17) is 9.47 Å². The van der Waals surface area contributed by atoms with Gasteiger partial charge in [-0.1, -0.05) is 6.07 Å². The van der Waals surface area contributed by atoms with Crippen LogP contribution in [-0.4, -0.2) is 26.3 Å². The minimum atomic E-state index is 0.525. The van der Waals surface area contributed by atoms with Crippen molar-refractivity contribution in [1.82, 2.24) is 10.9 Å². The topological polar surface area (TPSA) is 42.5 Å². The van der Waals surface area contributed by atoms with Gasteiger partial charge in [-0.2, -0.15) is 0 Å². The third kappa shape index (κ3) is 1.86. The zero-order valence-electron chi connectivity index (χ0n) is 9.16. The Bertz CT molecular complexity index is 375. The van der Waals surface area contributed by atoms with E-state index in [9.17, 15) is 0 Å². The van der Waals surface area contributed by atoms with Gasteiger partial charge in [0.15, 0.2) is 11.5 Å². The van der Waals surface area contributed by atoms with E-state index in [2.05, 4.69) is 23.0 Å². The maximum atomic E-state index is 5.68. The van der Waals surface area contributed by atoms with Gasteiger partial charge >= 0.3 is 0 Å². The molecule has 1 aromatic carbocycles. The molecule has 0 amide bonds. The van der Waals surface area contributed by atoms with Crippen LogP contribution in [-0.2, 0) is 0 Å². The molecule has 1 aromatic rings. The Kier molecular flexibility index (Phi) is 2.68. The van der Waals surface area contributed by atoms with Gasteiger partial charge in [0.05, 0.1) is 13.2 Å². The molecule has 3 rings (SSSR count). The molecular formula is C12H16N2O2. The molecule has 2 heterocycles. The minimum absolute atomic E-state index is 0.525. The van der Waals surface area contributed by atoms with Gasteiger partial charge in [0.2, 0.25) is 0 Å². The highest BCUT2D eigenvalue weighted by Crippen LogP contribution is 2.32. The Labute approximate surface area is 94.9 Å². The number of ether oxygens (including phenoxy) is 2. The zero-order valence-corrected chi connectivity index (χ0v) is 9.16. The molecule has 1 fully saturated rings. The first kappa shape index (κ1) is 9.93. The summed E-state index contributed by atoms with van der Waals surface area (Å²) in [5, 5.41) is 0. The zero-order chi connectivity index (χ0) is 10.8. The Morgan fingerprint density at radius 2 is 1.75 bits per heavy atom. The summed E-state index contributed by atoms with van der Waals surface area (Å²) in [6, 6.07) is 6.27. The normalized spacial score (nSPS) is 20.8. The fourth-order valence-corrected chi connectivity index (χ4v) is 2.13. The van der Waals surface area contributed by atoms with Crippen molar-refractivity contribution in [3.63, 3.8) is 0 Å². The van der Waals surface area contributed by atoms with E-state index < -0.39 is 0 Å². The van der Waals surface area contributed by atoms with E-state index in [0.29, 0.717) is 5.92 Å². The van der Waals surface area contributed by atoms with E-state index in [0.717, 1.165) is 44.2 Å². The third-order valence-electron chi connectivity index (χ3n) is 3.06. The van der Waals surface area contributed by atoms with Gasteiger partial charge in [-0.3, -0.25) is 10.9 Å². The Morgan fingerprint density at radius 3 is 2.56 bits per heavy atom. The lowest BCUT2D eigenvalue weighted by Gasteiger charge is -2.12. The summed E-state index contributed by atoms with van der Waals surface area (Å²) >= 11 is 0. The van der Waals surface area contributed by atoms with Crippen LogP contribution in [0.3, 0.4) is 0 Å². The molecule has 86 valence electrons. The van der Waals surface area contributed by atoms with Crippen molar-refractivity contribution in [1.29, 1.82) is 0 Å². The van der Waals surface area contributed by atoms with Crippen molar-refractivity contribution in [3.8, 4) is 11.5 Å². The van der Waals surface area contributed by atoms with Crippen LogP contribution >= 0.6 is 0 Å². The molecule has 2 aliphatic rings. The average Bonchev–Trinajstić information content (AvgIpc) is 2.74. The SMILES string of the molecule is c1cc2c(cc1C1CNNC1)OCCCO2. The summed E-state index contributed by atoms with van der Waals surface area (Å²) in [7, 11) is 0. The van der Waals surface area contributed by atoms with E-state index in [1.807, 2.05) is 6.07 Å². The molecule has 2 aliphatic heterocycles. The Balaban J connectivity index is 1.88. The molecule has 0 spiro atoms. The number of rotatable bonds is 1. The van der Waals surface area contributed by atoms with Crippen molar-refractivity contribution >= 4 is 0 Å². The predicted octanol–water partition coefficient (Wildman–Crippen LogP) is 1.04. The fraction of sp³-hybridized carbons (Fsp3) is 0.500. The highest BCUT2D eigenvalue weighted by molar-refractivity contribution is 5.44. The summed E-state index contributed by atoms with van der Waals surface area (Å²) in [4.78, 5) is 0. The molecule has 2 N–H and O–H groups in total. The number of hydrogen-bond donors (Lipinski definition) is 2. The van der Waals surface area contributed by atoms with Gasteiger partial charge in [0.1, 0.15) is 0 Å². The molecule has 4 heteroatoms. The Morgan fingerprint density at radius 1 is 1.00 bits per heavy atom. The molecule has 4 nitrogen and oxygen atoms in total. The lowest BCUT2D eigenvalue weighted by atomic mass is 10.00. The molecular weight excluding hydrogens is 204 g/mol. The lowest BCUT2D eigenvalue weighted by Crippen LogP contribution is -2.21. The number of fused-ring (bicyclic) bond motifs is 1. The molecule has 0 saturated carbocycles. The van der Waals surface area contributed by atoms with E-state index in [1.54, 1.807) is 0 Å². The minimum Gasteiger partial charge on any atom is -0.490 e. The monoisotopic (exact) mass is 220 g/mol. The van der Waals surface area contributed by atoms with Crippen molar-refractivity contribution in [2.24, 2.45) is 0 Å². The van der Waals surface area contributed by atoms with Gasteiger partial charge in [-0.05, 0) is 17.7 Å². The number of nitrogens with one attached hydrogen (secondary N) is 2. The van der Waals surface area contributed by atoms with Crippen LogP contribution in [0, 0.1) is 0 Å². The van der Waals surface area contributed by atoms with Crippen LogP contribution in [0.2, 0.25) is 0 Å².